The maximum absolute atomic E-state index is 14.0. The summed E-state index contributed by atoms with van der Waals surface area (Å²) in [5.41, 5.74) is 0.357. The number of hydrogen-bond donors (Lipinski definition) is 1. The van der Waals surface area contributed by atoms with Crippen LogP contribution in [-0.2, 0) is 4.79 Å². The molecule has 2 aromatic carbocycles. The SMILES string of the molecule is CC[C@@H]1[C@H]2CC[C@@H](C2)[C@H]1NC(=O)CSc1nc2cc(F)ccc2c2nc(=O)c(-c3ccc(F)cc3)nn12. The average molecular weight is 522 g/mol. The molecule has 6 rings (SSSR count). The van der Waals surface area contributed by atoms with Crippen LogP contribution in [0.25, 0.3) is 27.8 Å². The molecule has 2 saturated carbocycles. The van der Waals surface area contributed by atoms with Gasteiger partial charge in [-0.05, 0) is 73.4 Å². The molecule has 0 aliphatic heterocycles. The second kappa shape index (κ2) is 9.48. The molecule has 2 aliphatic carbocycles. The number of halogens is 2. The van der Waals surface area contributed by atoms with Crippen LogP contribution in [0.15, 0.2) is 52.4 Å². The van der Waals surface area contributed by atoms with E-state index in [9.17, 15) is 18.4 Å². The molecule has 4 atom stereocenters. The van der Waals surface area contributed by atoms with E-state index in [4.69, 9.17) is 0 Å². The highest BCUT2D eigenvalue weighted by Crippen LogP contribution is 2.49. The number of amides is 1. The van der Waals surface area contributed by atoms with Gasteiger partial charge in [0.15, 0.2) is 16.5 Å². The first-order valence-electron chi connectivity index (χ1n) is 12.5. The summed E-state index contributed by atoms with van der Waals surface area (Å²) < 4.78 is 28.9. The Morgan fingerprint density at radius 2 is 1.84 bits per heavy atom. The summed E-state index contributed by atoms with van der Waals surface area (Å²) in [4.78, 5) is 34.6. The van der Waals surface area contributed by atoms with Gasteiger partial charge < -0.3 is 5.32 Å². The van der Waals surface area contributed by atoms with Crippen LogP contribution in [0, 0.1) is 29.4 Å². The molecule has 4 aromatic rings. The second-order valence-corrected chi connectivity index (χ2v) is 10.8. The molecule has 37 heavy (non-hydrogen) atoms. The predicted molar refractivity (Wildman–Crippen MR) is 137 cm³/mol. The molecule has 0 unspecified atom stereocenters. The topological polar surface area (TPSA) is 89.2 Å². The van der Waals surface area contributed by atoms with Crippen LogP contribution in [0.3, 0.4) is 0 Å². The van der Waals surface area contributed by atoms with Crippen molar-refractivity contribution in [1.82, 2.24) is 24.9 Å². The summed E-state index contributed by atoms with van der Waals surface area (Å²) in [5.74, 6) is 0.847. The van der Waals surface area contributed by atoms with Gasteiger partial charge in [0, 0.05) is 23.1 Å². The Bertz CT molecular complexity index is 1580. The molecule has 1 amide bonds. The number of hydrogen-bond acceptors (Lipinski definition) is 6. The summed E-state index contributed by atoms with van der Waals surface area (Å²) >= 11 is 1.16. The number of nitrogens with zero attached hydrogens (tertiary/aromatic N) is 4. The monoisotopic (exact) mass is 521 g/mol. The highest BCUT2D eigenvalue weighted by molar-refractivity contribution is 7.99. The Balaban J connectivity index is 1.35. The van der Waals surface area contributed by atoms with Crippen LogP contribution >= 0.6 is 11.8 Å². The van der Waals surface area contributed by atoms with Crippen LogP contribution in [0.1, 0.15) is 32.6 Å². The van der Waals surface area contributed by atoms with Crippen molar-refractivity contribution in [3.8, 4) is 11.3 Å². The summed E-state index contributed by atoms with van der Waals surface area (Å²) in [6.45, 7) is 2.18. The first-order chi connectivity index (χ1) is 17.9. The number of rotatable bonds is 6. The van der Waals surface area contributed by atoms with E-state index in [0.717, 1.165) is 24.6 Å². The summed E-state index contributed by atoms with van der Waals surface area (Å²) in [6.07, 6.45) is 4.66. The third-order valence-corrected chi connectivity index (χ3v) is 8.68. The normalized spacial score (nSPS) is 22.7. The largest absolute Gasteiger partial charge is 0.352 e. The minimum atomic E-state index is -0.598. The van der Waals surface area contributed by atoms with Crippen molar-refractivity contribution >= 4 is 34.2 Å². The quantitative estimate of drug-likeness (QED) is 0.226. The lowest BCUT2D eigenvalue weighted by molar-refractivity contribution is -0.120. The molecule has 7 nitrogen and oxygen atoms in total. The molecule has 0 radical (unpaired) electrons. The van der Waals surface area contributed by atoms with E-state index >= 15 is 0 Å². The zero-order chi connectivity index (χ0) is 25.7. The van der Waals surface area contributed by atoms with Crippen LogP contribution in [0.5, 0.6) is 0 Å². The molecule has 10 heteroatoms. The lowest BCUT2D eigenvalue weighted by Crippen LogP contribution is -2.44. The predicted octanol–water partition coefficient (Wildman–Crippen LogP) is 4.62. The fourth-order valence-corrected chi connectivity index (χ4v) is 6.85. The number of aromatic nitrogens is 4. The number of carbonyl (C=O) groups is 1. The number of nitrogens with one attached hydrogen (secondary N) is 1. The minimum absolute atomic E-state index is 0.0276. The maximum Gasteiger partial charge on any atom is 0.300 e. The number of benzene rings is 2. The van der Waals surface area contributed by atoms with Gasteiger partial charge in [-0.25, -0.2) is 13.8 Å². The van der Waals surface area contributed by atoms with Gasteiger partial charge in [0.2, 0.25) is 5.91 Å². The summed E-state index contributed by atoms with van der Waals surface area (Å²) in [7, 11) is 0. The molecule has 2 aliphatic rings. The van der Waals surface area contributed by atoms with Gasteiger partial charge in [-0.15, -0.1) is 0 Å². The van der Waals surface area contributed by atoms with Crippen molar-refractivity contribution in [2.24, 2.45) is 17.8 Å². The third-order valence-electron chi connectivity index (χ3n) is 7.75. The summed E-state index contributed by atoms with van der Waals surface area (Å²) in [5, 5.41) is 8.51. The van der Waals surface area contributed by atoms with Crippen molar-refractivity contribution in [2.45, 2.75) is 43.8 Å². The van der Waals surface area contributed by atoms with E-state index < -0.39 is 17.2 Å². The third kappa shape index (κ3) is 4.37. The Kier molecular flexibility index (Phi) is 6.14. The van der Waals surface area contributed by atoms with Crippen molar-refractivity contribution in [1.29, 1.82) is 0 Å². The van der Waals surface area contributed by atoms with E-state index in [0.29, 0.717) is 39.4 Å². The first kappa shape index (κ1) is 24.0. The van der Waals surface area contributed by atoms with Crippen molar-refractivity contribution in [3.63, 3.8) is 0 Å². The van der Waals surface area contributed by atoms with E-state index in [1.165, 1.54) is 59.8 Å². The second-order valence-electron chi connectivity index (χ2n) is 9.85. The van der Waals surface area contributed by atoms with E-state index in [1.807, 2.05) is 0 Å². The van der Waals surface area contributed by atoms with Crippen LogP contribution in [0.4, 0.5) is 8.78 Å². The van der Waals surface area contributed by atoms with Crippen LogP contribution < -0.4 is 10.9 Å². The molecule has 2 bridgehead atoms. The minimum Gasteiger partial charge on any atom is -0.352 e. The summed E-state index contributed by atoms with van der Waals surface area (Å²) in [6, 6.07) is 9.63. The average Bonchev–Trinajstić information content (AvgIpc) is 3.49. The molecule has 0 spiro atoms. The van der Waals surface area contributed by atoms with E-state index in [2.05, 4.69) is 27.3 Å². The fourth-order valence-electron chi connectivity index (χ4n) is 6.09. The van der Waals surface area contributed by atoms with Gasteiger partial charge in [-0.3, -0.25) is 9.59 Å². The zero-order valence-corrected chi connectivity index (χ0v) is 21.0. The molecular formula is C27H25F2N5O2S. The standard InChI is InChI=1S/C27H25F2N5O2S/c1-2-19-15-3-4-16(11-15)23(19)31-22(35)13-37-27-30-21-12-18(29)9-10-20(21)25-32-26(36)24(33-34(25)27)14-5-7-17(28)8-6-14/h5-10,12,15-16,19,23H,2-4,11,13H2,1H3,(H,31,35)/t15-,16-,19+,23+/m0/s1. The van der Waals surface area contributed by atoms with Gasteiger partial charge in [0.25, 0.3) is 5.56 Å². The lowest BCUT2D eigenvalue weighted by Gasteiger charge is -2.31. The Morgan fingerprint density at radius 1 is 1.08 bits per heavy atom. The molecule has 2 fully saturated rings. The molecule has 190 valence electrons. The highest BCUT2D eigenvalue weighted by atomic mass is 32.2. The van der Waals surface area contributed by atoms with E-state index in [1.54, 1.807) is 0 Å². The van der Waals surface area contributed by atoms with Crippen LogP contribution in [-0.4, -0.2) is 37.3 Å². The van der Waals surface area contributed by atoms with E-state index in [-0.39, 0.29) is 29.0 Å². The van der Waals surface area contributed by atoms with Crippen molar-refractivity contribution < 1.29 is 13.6 Å². The number of thioether (sulfide) groups is 1. The van der Waals surface area contributed by atoms with Gasteiger partial charge in [-0.1, -0.05) is 25.1 Å². The zero-order valence-electron chi connectivity index (χ0n) is 20.2. The Labute approximate surface area is 215 Å². The highest BCUT2D eigenvalue weighted by Gasteiger charge is 2.46. The molecule has 2 aromatic heterocycles. The first-order valence-corrected chi connectivity index (χ1v) is 13.5. The van der Waals surface area contributed by atoms with Gasteiger partial charge in [-0.2, -0.15) is 14.6 Å². The van der Waals surface area contributed by atoms with Gasteiger partial charge in [0.1, 0.15) is 11.6 Å². The Morgan fingerprint density at radius 3 is 2.62 bits per heavy atom. The fraction of sp³-hybridized carbons (Fsp3) is 0.370. The van der Waals surface area contributed by atoms with Gasteiger partial charge in [0.05, 0.1) is 11.3 Å². The van der Waals surface area contributed by atoms with Crippen molar-refractivity contribution in [2.75, 3.05) is 5.75 Å². The number of carbonyl (C=O) groups excluding carboxylic acids is 1. The smallest absolute Gasteiger partial charge is 0.300 e. The lowest BCUT2D eigenvalue weighted by atomic mass is 9.83. The van der Waals surface area contributed by atoms with Crippen LogP contribution in [0.2, 0.25) is 0 Å². The van der Waals surface area contributed by atoms with Crippen molar-refractivity contribution in [3.05, 3.63) is 64.5 Å². The molecular weight excluding hydrogens is 496 g/mol. The Hall–Kier alpha value is -3.40. The maximum atomic E-state index is 14.0. The number of fused-ring (bicyclic) bond motifs is 5. The van der Waals surface area contributed by atoms with Gasteiger partial charge >= 0.3 is 0 Å². The molecule has 2 heterocycles. The molecule has 1 N–H and O–H groups in total. The molecule has 0 saturated heterocycles.